The van der Waals surface area contributed by atoms with E-state index in [2.05, 4.69) is 5.32 Å². The third-order valence-corrected chi connectivity index (χ3v) is 2.46. The van der Waals surface area contributed by atoms with E-state index in [9.17, 15) is 9.18 Å². The maximum absolute atomic E-state index is 13.2. The zero-order valence-electron chi connectivity index (χ0n) is 10.00. The SMILES string of the molecule is CCC(COC)NC(=O)c1ccc(N)c(F)c1. The van der Waals surface area contributed by atoms with E-state index in [0.29, 0.717) is 6.61 Å². The number of nitrogen functional groups attached to an aromatic ring is 1. The minimum atomic E-state index is -0.586. The molecule has 0 bridgehead atoms. The standard InChI is InChI=1S/C12H17FN2O2/c1-3-9(7-17-2)15-12(16)8-4-5-11(14)10(13)6-8/h4-6,9H,3,7,14H2,1-2H3,(H,15,16). The number of hydrogen-bond donors (Lipinski definition) is 2. The Bertz CT molecular complexity index is 396. The topological polar surface area (TPSA) is 64.3 Å². The van der Waals surface area contributed by atoms with E-state index < -0.39 is 5.82 Å². The van der Waals surface area contributed by atoms with E-state index in [-0.39, 0.29) is 23.2 Å². The lowest BCUT2D eigenvalue weighted by Gasteiger charge is -2.15. The second-order valence-electron chi connectivity index (χ2n) is 3.77. The zero-order valence-corrected chi connectivity index (χ0v) is 10.00. The highest BCUT2D eigenvalue weighted by Gasteiger charge is 2.13. The molecule has 0 heterocycles. The van der Waals surface area contributed by atoms with Crippen LogP contribution in [-0.4, -0.2) is 25.7 Å². The van der Waals surface area contributed by atoms with Crippen LogP contribution in [0.5, 0.6) is 0 Å². The number of carbonyl (C=O) groups is 1. The van der Waals surface area contributed by atoms with Gasteiger partial charge in [-0.3, -0.25) is 4.79 Å². The van der Waals surface area contributed by atoms with Crippen LogP contribution in [0, 0.1) is 5.82 Å². The molecule has 0 fully saturated rings. The van der Waals surface area contributed by atoms with Gasteiger partial charge >= 0.3 is 0 Å². The first-order valence-electron chi connectivity index (χ1n) is 5.43. The van der Waals surface area contributed by atoms with E-state index in [1.165, 1.54) is 12.1 Å². The number of amides is 1. The molecular formula is C12H17FN2O2. The molecule has 0 saturated heterocycles. The van der Waals surface area contributed by atoms with Gasteiger partial charge in [0.15, 0.2) is 0 Å². The summed E-state index contributed by atoms with van der Waals surface area (Å²) in [6.07, 6.45) is 0.747. The number of ether oxygens (including phenoxy) is 1. The Kier molecular flexibility index (Phi) is 4.90. The maximum Gasteiger partial charge on any atom is 0.251 e. The maximum atomic E-state index is 13.2. The summed E-state index contributed by atoms with van der Waals surface area (Å²) in [7, 11) is 1.57. The fourth-order valence-corrected chi connectivity index (χ4v) is 1.40. The van der Waals surface area contributed by atoms with Gasteiger partial charge in [0, 0.05) is 12.7 Å². The molecule has 94 valence electrons. The molecule has 1 unspecified atom stereocenters. The van der Waals surface area contributed by atoms with Gasteiger partial charge in [-0.2, -0.15) is 0 Å². The largest absolute Gasteiger partial charge is 0.396 e. The van der Waals surface area contributed by atoms with Crippen molar-refractivity contribution in [1.29, 1.82) is 0 Å². The second kappa shape index (κ2) is 6.20. The highest BCUT2D eigenvalue weighted by atomic mass is 19.1. The Morgan fingerprint density at radius 2 is 2.29 bits per heavy atom. The van der Waals surface area contributed by atoms with Crippen LogP contribution in [0.25, 0.3) is 0 Å². The summed E-state index contributed by atoms with van der Waals surface area (Å²) in [5.74, 6) is -0.912. The minimum Gasteiger partial charge on any atom is -0.396 e. The summed E-state index contributed by atoms with van der Waals surface area (Å²) in [4.78, 5) is 11.8. The molecule has 1 aromatic carbocycles. The number of benzene rings is 1. The third kappa shape index (κ3) is 3.71. The molecule has 0 radical (unpaired) electrons. The van der Waals surface area contributed by atoms with Crippen molar-refractivity contribution in [2.24, 2.45) is 0 Å². The highest BCUT2D eigenvalue weighted by molar-refractivity contribution is 5.94. The van der Waals surface area contributed by atoms with Crippen LogP contribution in [0.3, 0.4) is 0 Å². The summed E-state index contributed by atoms with van der Waals surface area (Å²) < 4.78 is 18.1. The quantitative estimate of drug-likeness (QED) is 0.768. The molecule has 1 aromatic rings. The Morgan fingerprint density at radius 3 is 2.82 bits per heavy atom. The molecule has 0 aromatic heterocycles. The van der Waals surface area contributed by atoms with Crippen molar-refractivity contribution in [1.82, 2.24) is 5.32 Å². The van der Waals surface area contributed by atoms with E-state index in [1.807, 2.05) is 6.92 Å². The normalized spacial score (nSPS) is 12.2. The summed E-state index contributed by atoms with van der Waals surface area (Å²) in [6.45, 7) is 2.37. The van der Waals surface area contributed by atoms with Crippen molar-refractivity contribution in [3.8, 4) is 0 Å². The van der Waals surface area contributed by atoms with E-state index in [4.69, 9.17) is 10.5 Å². The summed E-state index contributed by atoms with van der Waals surface area (Å²) in [5, 5.41) is 2.76. The average Bonchev–Trinajstić information content (AvgIpc) is 2.31. The molecule has 0 aliphatic heterocycles. The lowest BCUT2D eigenvalue weighted by molar-refractivity contribution is 0.0894. The van der Waals surface area contributed by atoms with Gasteiger partial charge in [0.1, 0.15) is 5.82 Å². The lowest BCUT2D eigenvalue weighted by atomic mass is 10.1. The van der Waals surface area contributed by atoms with Gasteiger partial charge < -0.3 is 15.8 Å². The number of methoxy groups -OCH3 is 1. The molecule has 0 saturated carbocycles. The van der Waals surface area contributed by atoms with Crippen LogP contribution in [0.4, 0.5) is 10.1 Å². The zero-order chi connectivity index (χ0) is 12.8. The number of carbonyl (C=O) groups excluding carboxylic acids is 1. The molecule has 1 rings (SSSR count). The predicted octanol–water partition coefficient (Wildman–Crippen LogP) is 1.56. The minimum absolute atomic E-state index is 0.0329. The molecule has 3 N–H and O–H groups in total. The highest BCUT2D eigenvalue weighted by Crippen LogP contribution is 2.12. The van der Waals surface area contributed by atoms with E-state index >= 15 is 0 Å². The first kappa shape index (κ1) is 13.4. The van der Waals surface area contributed by atoms with Gasteiger partial charge in [0.2, 0.25) is 0 Å². The summed E-state index contributed by atoms with van der Waals surface area (Å²) >= 11 is 0. The Labute approximate surface area is 100.0 Å². The Morgan fingerprint density at radius 1 is 1.59 bits per heavy atom. The number of rotatable bonds is 5. The fraction of sp³-hybridized carbons (Fsp3) is 0.417. The van der Waals surface area contributed by atoms with Crippen molar-refractivity contribution >= 4 is 11.6 Å². The Hall–Kier alpha value is -1.62. The first-order chi connectivity index (χ1) is 8.08. The van der Waals surface area contributed by atoms with Crippen molar-refractivity contribution in [3.63, 3.8) is 0 Å². The van der Waals surface area contributed by atoms with Gasteiger partial charge in [0.05, 0.1) is 18.3 Å². The summed E-state index contributed by atoms with van der Waals surface area (Å²) in [5.41, 5.74) is 5.63. The van der Waals surface area contributed by atoms with Crippen LogP contribution >= 0.6 is 0 Å². The van der Waals surface area contributed by atoms with Crippen LogP contribution in [0.15, 0.2) is 18.2 Å². The van der Waals surface area contributed by atoms with Crippen LogP contribution in [-0.2, 0) is 4.74 Å². The first-order valence-corrected chi connectivity index (χ1v) is 5.43. The third-order valence-electron chi connectivity index (χ3n) is 2.46. The number of hydrogen-bond acceptors (Lipinski definition) is 3. The molecular weight excluding hydrogens is 223 g/mol. The van der Waals surface area contributed by atoms with Crippen molar-refractivity contribution in [3.05, 3.63) is 29.6 Å². The average molecular weight is 240 g/mol. The van der Waals surface area contributed by atoms with Crippen molar-refractivity contribution in [2.45, 2.75) is 19.4 Å². The number of anilines is 1. The van der Waals surface area contributed by atoms with Gasteiger partial charge in [-0.05, 0) is 24.6 Å². The molecule has 1 atom stereocenters. The smallest absolute Gasteiger partial charge is 0.251 e. The molecule has 0 aliphatic carbocycles. The number of nitrogens with one attached hydrogen (secondary N) is 1. The summed E-state index contributed by atoms with van der Waals surface area (Å²) in [6, 6.07) is 3.92. The second-order valence-corrected chi connectivity index (χ2v) is 3.77. The van der Waals surface area contributed by atoms with Gasteiger partial charge in [-0.1, -0.05) is 6.92 Å². The van der Waals surface area contributed by atoms with Crippen molar-refractivity contribution in [2.75, 3.05) is 19.5 Å². The lowest BCUT2D eigenvalue weighted by Crippen LogP contribution is -2.37. The molecule has 5 heteroatoms. The fourth-order valence-electron chi connectivity index (χ4n) is 1.40. The number of nitrogens with two attached hydrogens (primary N) is 1. The molecule has 0 aliphatic rings. The number of halogens is 1. The van der Waals surface area contributed by atoms with Gasteiger partial charge in [-0.15, -0.1) is 0 Å². The Balaban J connectivity index is 2.72. The molecule has 17 heavy (non-hydrogen) atoms. The monoisotopic (exact) mass is 240 g/mol. The van der Waals surface area contributed by atoms with Crippen LogP contribution < -0.4 is 11.1 Å². The van der Waals surface area contributed by atoms with Gasteiger partial charge in [0.25, 0.3) is 5.91 Å². The molecule has 0 spiro atoms. The van der Waals surface area contributed by atoms with Crippen LogP contribution in [0.2, 0.25) is 0 Å². The molecule has 4 nitrogen and oxygen atoms in total. The van der Waals surface area contributed by atoms with Crippen LogP contribution in [0.1, 0.15) is 23.7 Å². The van der Waals surface area contributed by atoms with Gasteiger partial charge in [-0.25, -0.2) is 4.39 Å². The van der Waals surface area contributed by atoms with E-state index in [0.717, 1.165) is 12.5 Å². The predicted molar refractivity (Wildman–Crippen MR) is 64.2 cm³/mol. The van der Waals surface area contributed by atoms with Crippen molar-refractivity contribution < 1.29 is 13.9 Å². The molecule has 1 amide bonds. The van der Waals surface area contributed by atoms with E-state index in [1.54, 1.807) is 7.11 Å².